The molecule has 14 heteroatoms. The lowest BCUT2D eigenvalue weighted by Crippen LogP contribution is -2.08. The second kappa shape index (κ2) is 8.00. The highest BCUT2D eigenvalue weighted by Gasteiger charge is 2.34. The minimum atomic E-state index is -4.65. The Kier molecular flexibility index (Phi) is 5.44. The number of anilines is 1. The molecule has 0 radical (unpaired) electrons. The van der Waals surface area contributed by atoms with Gasteiger partial charge in [0.2, 0.25) is 0 Å². The van der Waals surface area contributed by atoms with Gasteiger partial charge in [0.15, 0.2) is 20.5 Å². The van der Waals surface area contributed by atoms with Crippen LogP contribution in [0, 0.1) is 11.3 Å². The molecule has 0 aliphatic heterocycles. The van der Waals surface area contributed by atoms with E-state index >= 15 is 0 Å². The number of pyridine rings is 1. The van der Waals surface area contributed by atoms with Gasteiger partial charge in [-0.2, -0.15) is 28.0 Å². The molecule has 0 saturated carbocycles. The summed E-state index contributed by atoms with van der Waals surface area (Å²) in [5.74, 6) is 0.216. The highest BCUT2D eigenvalue weighted by Crippen LogP contribution is 2.35. The molecule has 10 nitrogen and oxygen atoms in total. The smallest absolute Gasteiger partial charge is 0.369 e. The maximum absolute atomic E-state index is 13.1. The van der Waals surface area contributed by atoms with Crippen LogP contribution in [-0.4, -0.2) is 49.8 Å². The van der Waals surface area contributed by atoms with Crippen LogP contribution in [0.25, 0.3) is 28.1 Å². The maximum Gasteiger partial charge on any atom is 0.433 e. The number of aromatic nitrogens is 6. The average Bonchev–Trinajstić information content (AvgIpc) is 3.32. The van der Waals surface area contributed by atoms with Crippen LogP contribution in [0.4, 0.5) is 19.0 Å². The Morgan fingerprint density at radius 3 is 2.70 bits per heavy atom. The highest BCUT2D eigenvalue weighted by atomic mass is 32.2. The molecule has 0 fully saturated rings. The van der Waals surface area contributed by atoms with Crippen molar-refractivity contribution in [3.63, 3.8) is 0 Å². The first-order valence-electron chi connectivity index (χ1n) is 9.70. The fourth-order valence-corrected chi connectivity index (χ4v) is 4.30. The summed E-state index contributed by atoms with van der Waals surface area (Å²) < 4.78 is 67.9. The molecule has 4 aromatic heterocycles. The molecule has 4 rings (SSSR count). The minimum Gasteiger partial charge on any atom is -0.369 e. The fourth-order valence-electron chi connectivity index (χ4n) is 3.32. The lowest BCUT2D eigenvalue weighted by molar-refractivity contribution is -0.141. The molecule has 0 saturated heterocycles. The monoisotopic (exact) mass is 478 g/mol. The van der Waals surface area contributed by atoms with E-state index < -0.39 is 21.7 Å². The highest BCUT2D eigenvalue weighted by molar-refractivity contribution is 7.91. The average molecular weight is 478 g/mol. The lowest BCUT2D eigenvalue weighted by atomic mass is 10.3. The predicted molar refractivity (Wildman–Crippen MR) is 112 cm³/mol. The van der Waals surface area contributed by atoms with Crippen molar-refractivity contribution in [2.75, 3.05) is 17.6 Å². The van der Waals surface area contributed by atoms with Crippen LogP contribution >= 0.6 is 0 Å². The third kappa shape index (κ3) is 3.84. The second-order valence-electron chi connectivity index (χ2n) is 7.03. The van der Waals surface area contributed by atoms with E-state index in [9.17, 15) is 21.6 Å². The molecule has 0 unspecified atom stereocenters. The number of nitrogens with zero attached hydrogens (tertiary/aromatic N) is 7. The molecule has 4 aromatic rings. The molecule has 0 amide bonds. The first-order chi connectivity index (χ1) is 15.6. The summed E-state index contributed by atoms with van der Waals surface area (Å²) in [6, 6.07) is 4.37. The number of alkyl halides is 3. The summed E-state index contributed by atoms with van der Waals surface area (Å²) in [6.45, 7) is 1.75. The molecular weight excluding hydrogens is 461 g/mol. The number of rotatable bonds is 6. The number of aryl methyl sites for hydroxylation is 1. The molecule has 0 bridgehead atoms. The van der Waals surface area contributed by atoms with E-state index in [2.05, 4.69) is 25.4 Å². The minimum absolute atomic E-state index is 0.00248. The summed E-state index contributed by atoms with van der Waals surface area (Å²) in [4.78, 5) is 12.0. The molecule has 0 aromatic carbocycles. The number of nitrogens with one attached hydrogen (secondary N) is 1. The standard InChI is InChI=1S/C19H17F3N8O2S/c1-3-33(31,32)18-15(16-25-8-5-14(30(16)28-18)24-7-4-6-23)17-27-11-9-13(19(20,21)22)26-10-12(11)29(17)2/h5,8-10,24H,3-4,7H2,1-2H3. The van der Waals surface area contributed by atoms with Gasteiger partial charge in [-0.05, 0) is 12.1 Å². The molecule has 0 aliphatic rings. The Balaban J connectivity index is 2.01. The topological polar surface area (TPSA) is 131 Å². The van der Waals surface area contributed by atoms with Crippen molar-refractivity contribution in [1.29, 1.82) is 5.26 Å². The van der Waals surface area contributed by atoms with Gasteiger partial charge >= 0.3 is 6.18 Å². The van der Waals surface area contributed by atoms with Crippen LogP contribution in [0.15, 0.2) is 29.6 Å². The molecule has 172 valence electrons. The lowest BCUT2D eigenvalue weighted by Gasteiger charge is -2.06. The first-order valence-corrected chi connectivity index (χ1v) is 11.3. The summed E-state index contributed by atoms with van der Waals surface area (Å²) in [7, 11) is -2.33. The van der Waals surface area contributed by atoms with E-state index in [0.29, 0.717) is 12.4 Å². The SMILES string of the molecule is CCS(=O)(=O)c1nn2c(NCCC#N)ccnc2c1-c1nc2cc(C(F)(F)F)ncc2n1C. The Labute approximate surface area is 185 Å². The third-order valence-electron chi connectivity index (χ3n) is 4.99. The van der Waals surface area contributed by atoms with Crippen molar-refractivity contribution in [3.8, 4) is 17.5 Å². The van der Waals surface area contributed by atoms with Crippen LogP contribution in [0.1, 0.15) is 19.0 Å². The quantitative estimate of drug-likeness (QED) is 0.419. The Hall–Kier alpha value is -3.73. The summed E-state index contributed by atoms with van der Waals surface area (Å²) in [5, 5.41) is 15.7. The van der Waals surface area contributed by atoms with Crippen LogP contribution in [-0.2, 0) is 23.1 Å². The van der Waals surface area contributed by atoms with Crippen molar-refractivity contribution >= 4 is 32.3 Å². The zero-order valence-corrected chi connectivity index (χ0v) is 18.2. The first kappa shape index (κ1) is 22.5. The van der Waals surface area contributed by atoms with Gasteiger partial charge in [0, 0.05) is 19.8 Å². The van der Waals surface area contributed by atoms with Gasteiger partial charge in [-0.25, -0.2) is 23.4 Å². The molecule has 0 aliphatic carbocycles. The van der Waals surface area contributed by atoms with Gasteiger partial charge in [-0.15, -0.1) is 0 Å². The van der Waals surface area contributed by atoms with E-state index in [1.807, 2.05) is 6.07 Å². The van der Waals surface area contributed by atoms with Gasteiger partial charge in [-0.3, -0.25) is 0 Å². The van der Waals surface area contributed by atoms with Gasteiger partial charge < -0.3 is 9.88 Å². The van der Waals surface area contributed by atoms with E-state index in [-0.39, 0.29) is 45.3 Å². The molecule has 4 heterocycles. The maximum atomic E-state index is 13.1. The van der Waals surface area contributed by atoms with E-state index in [1.54, 1.807) is 13.1 Å². The van der Waals surface area contributed by atoms with Crippen LogP contribution in [0.3, 0.4) is 0 Å². The predicted octanol–water partition coefficient (Wildman–Crippen LogP) is 2.82. The van der Waals surface area contributed by atoms with Gasteiger partial charge in [-0.1, -0.05) is 6.92 Å². The largest absolute Gasteiger partial charge is 0.433 e. The molecule has 33 heavy (non-hydrogen) atoms. The number of halogens is 3. The number of hydrogen-bond donors (Lipinski definition) is 1. The van der Waals surface area contributed by atoms with Gasteiger partial charge in [0.05, 0.1) is 35.5 Å². The van der Waals surface area contributed by atoms with Crippen molar-refractivity contribution in [2.45, 2.75) is 24.5 Å². The third-order valence-corrected chi connectivity index (χ3v) is 6.62. The van der Waals surface area contributed by atoms with Crippen molar-refractivity contribution < 1.29 is 21.6 Å². The number of hydrogen-bond acceptors (Lipinski definition) is 8. The summed E-state index contributed by atoms with van der Waals surface area (Å²) in [6.07, 6.45) is -1.98. The molecular formula is C19H17F3N8O2S. The van der Waals surface area contributed by atoms with Crippen molar-refractivity contribution in [1.82, 2.24) is 29.1 Å². The molecule has 1 N–H and O–H groups in total. The van der Waals surface area contributed by atoms with Gasteiger partial charge in [0.1, 0.15) is 22.9 Å². The zero-order chi connectivity index (χ0) is 24.0. The van der Waals surface area contributed by atoms with E-state index in [1.165, 1.54) is 22.2 Å². The zero-order valence-electron chi connectivity index (χ0n) is 17.4. The van der Waals surface area contributed by atoms with Crippen LogP contribution in [0.5, 0.6) is 0 Å². The van der Waals surface area contributed by atoms with Crippen molar-refractivity contribution in [2.24, 2.45) is 7.05 Å². The summed E-state index contributed by atoms with van der Waals surface area (Å²) >= 11 is 0. The second-order valence-corrected chi connectivity index (χ2v) is 9.23. The Bertz CT molecular complexity index is 1520. The summed E-state index contributed by atoms with van der Waals surface area (Å²) in [5.41, 5.74) is -0.625. The van der Waals surface area contributed by atoms with Crippen LogP contribution in [0.2, 0.25) is 0 Å². The van der Waals surface area contributed by atoms with Gasteiger partial charge in [0.25, 0.3) is 0 Å². The van der Waals surface area contributed by atoms with Crippen LogP contribution < -0.4 is 5.32 Å². The number of imidazole rings is 1. The number of nitriles is 1. The molecule has 0 atom stereocenters. The number of fused-ring (bicyclic) bond motifs is 2. The fraction of sp³-hybridized carbons (Fsp3) is 0.316. The van der Waals surface area contributed by atoms with E-state index in [0.717, 1.165) is 12.3 Å². The van der Waals surface area contributed by atoms with Crippen molar-refractivity contribution in [3.05, 3.63) is 30.2 Å². The van der Waals surface area contributed by atoms with E-state index in [4.69, 9.17) is 5.26 Å². The Morgan fingerprint density at radius 1 is 1.27 bits per heavy atom. The Morgan fingerprint density at radius 2 is 2.03 bits per heavy atom. The number of sulfone groups is 1. The normalized spacial score (nSPS) is 12.4. The molecule has 0 spiro atoms.